The Bertz CT molecular complexity index is 816. The summed E-state index contributed by atoms with van der Waals surface area (Å²) in [6.45, 7) is 4.59. The van der Waals surface area contributed by atoms with Crippen LogP contribution < -0.4 is 5.32 Å². The Hall–Kier alpha value is -2.04. The van der Waals surface area contributed by atoms with Gasteiger partial charge in [-0.3, -0.25) is 10.1 Å². The quantitative estimate of drug-likeness (QED) is 0.421. The fourth-order valence-electron chi connectivity index (χ4n) is 3.22. The van der Waals surface area contributed by atoms with Crippen molar-refractivity contribution in [3.05, 3.63) is 33.4 Å². The van der Waals surface area contributed by atoms with Crippen LogP contribution in [0.4, 0.5) is 5.69 Å². The molecule has 0 amide bonds. The normalized spacial score (nSPS) is 16.3. The van der Waals surface area contributed by atoms with Crippen molar-refractivity contribution in [1.82, 2.24) is 9.62 Å². The maximum Gasteiger partial charge on any atom is 0.338 e. The van der Waals surface area contributed by atoms with Crippen molar-refractivity contribution in [2.45, 2.75) is 31.6 Å². The van der Waals surface area contributed by atoms with E-state index in [1.165, 1.54) is 17.3 Å². The summed E-state index contributed by atoms with van der Waals surface area (Å²) in [6, 6.07) is 2.20. The van der Waals surface area contributed by atoms with E-state index in [-0.39, 0.29) is 22.6 Å². The molecule has 27 heavy (non-hydrogen) atoms. The molecule has 0 atom stereocenters. The maximum absolute atomic E-state index is 13.0. The third kappa shape index (κ3) is 4.63. The monoisotopic (exact) mass is 399 g/mol. The van der Waals surface area contributed by atoms with Crippen LogP contribution in [0.25, 0.3) is 0 Å². The zero-order chi connectivity index (χ0) is 20.2. The Morgan fingerprint density at radius 1 is 1.37 bits per heavy atom. The van der Waals surface area contributed by atoms with Crippen molar-refractivity contribution in [1.29, 1.82) is 0 Å². The molecule has 1 saturated heterocycles. The number of sulfonamides is 1. The SMILES string of the molecule is CCOC(=O)c1cc(S(=O)(=O)N2CCC(CNC)CC2)cc([N+](=O)[O-])c1C. The van der Waals surface area contributed by atoms with E-state index < -0.39 is 26.6 Å². The Balaban J connectivity index is 2.41. The summed E-state index contributed by atoms with van der Waals surface area (Å²) < 4.78 is 32.3. The minimum atomic E-state index is -3.94. The van der Waals surface area contributed by atoms with Crippen LogP contribution in [0.3, 0.4) is 0 Å². The summed E-state index contributed by atoms with van der Waals surface area (Å²) in [4.78, 5) is 22.6. The van der Waals surface area contributed by atoms with E-state index in [2.05, 4.69) is 5.32 Å². The first-order valence-corrected chi connectivity index (χ1v) is 10.3. The second kappa shape index (κ2) is 8.77. The number of hydrogen-bond acceptors (Lipinski definition) is 7. The number of nitro groups is 1. The molecule has 0 aromatic heterocycles. The lowest BCUT2D eigenvalue weighted by Crippen LogP contribution is -2.40. The van der Waals surface area contributed by atoms with Gasteiger partial charge in [0.15, 0.2) is 0 Å². The first-order valence-electron chi connectivity index (χ1n) is 8.83. The van der Waals surface area contributed by atoms with Crippen LogP contribution in [-0.4, -0.2) is 56.9 Å². The molecule has 10 heteroatoms. The minimum absolute atomic E-state index is 0.0853. The minimum Gasteiger partial charge on any atom is -0.462 e. The molecule has 1 aliphatic rings. The number of benzene rings is 1. The van der Waals surface area contributed by atoms with Crippen LogP contribution in [-0.2, 0) is 14.8 Å². The van der Waals surface area contributed by atoms with Crippen molar-refractivity contribution >= 4 is 21.7 Å². The van der Waals surface area contributed by atoms with Gasteiger partial charge in [0.2, 0.25) is 10.0 Å². The van der Waals surface area contributed by atoms with Gasteiger partial charge in [-0.2, -0.15) is 4.31 Å². The summed E-state index contributed by atoms with van der Waals surface area (Å²) in [7, 11) is -2.09. The lowest BCUT2D eigenvalue weighted by Gasteiger charge is -2.31. The van der Waals surface area contributed by atoms with E-state index in [4.69, 9.17) is 4.74 Å². The van der Waals surface area contributed by atoms with Crippen LogP contribution in [0.15, 0.2) is 17.0 Å². The van der Waals surface area contributed by atoms with Crippen LogP contribution in [0.5, 0.6) is 0 Å². The third-order valence-corrected chi connectivity index (χ3v) is 6.63. The molecule has 0 unspecified atom stereocenters. The Morgan fingerprint density at radius 3 is 2.52 bits per heavy atom. The standard InChI is InChI=1S/C17H25N3O6S/c1-4-26-17(21)15-9-14(10-16(12(15)2)20(22)23)27(24,25)19-7-5-13(6-8-19)11-18-3/h9-10,13,18H,4-8,11H2,1-3H3. The molecule has 1 aromatic carbocycles. The van der Waals surface area contributed by atoms with Crippen LogP contribution >= 0.6 is 0 Å². The van der Waals surface area contributed by atoms with Gasteiger partial charge in [-0.1, -0.05) is 0 Å². The fraction of sp³-hybridized carbons (Fsp3) is 0.588. The highest BCUT2D eigenvalue weighted by molar-refractivity contribution is 7.89. The maximum atomic E-state index is 13.0. The molecule has 1 aromatic rings. The third-order valence-electron chi connectivity index (χ3n) is 4.75. The van der Waals surface area contributed by atoms with Crippen LogP contribution in [0.2, 0.25) is 0 Å². The van der Waals surface area contributed by atoms with Gasteiger partial charge in [0.1, 0.15) is 0 Å². The van der Waals surface area contributed by atoms with Crippen LogP contribution in [0.1, 0.15) is 35.7 Å². The number of rotatable bonds is 7. The van der Waals surface area contributed by atoms with Gasteiger partial charge in [0.25, 0.3) is 5.69 Å². The number of piperidine rings is 1. The lowest BCUT2D eigenvalue weighted by atomic mass is 9.98. The number of ether oxygens (including phenoxy) is 1. The molecule has 1 N–H and O–H groups in total. The van der Waals surface area contributed by atoms with Crippen molar-refractivity contribution in [3.63, 3.8) is 0 Å². The zero-order valence-corrected chi connectivity index (χ0v) is 16.5. The van der Waals surface area contributed by atoms with Gasteiger partial charge < -0.3 is 10.1 Å². The van der Waals surface area contributed by atoms with Crippen molar-refractivity contribution in [3.8, 4) is 0 Å². The van der Waals surface area contributed by atoms with Crippen molar-refractivity contribution in [2.24, 2.45) is 5.92 Å². The van der Waals surface area contributed by atoms with E-state index in [1.54, 1.807) is 6.92 Å². The van der Waals surface area contributed by atoms with E-state index >= 15 is 0 Å². The average molecular weight is 399 g/mol. The zero-order valence-electron chi connectivity index (χ0n) is 15.7. The van der Waals surface area contributed by atoms with Gasteiger partial charge in [0, 0.05) is 24.7 Å². The Labute approximate surface area is 158 Å². The van der Waals surface area contributed by atoms with Gasteiger partial charge in [-0.25, -0.2) is 13.2 Å². The number of esters is 1. The summed E-state index contributed by atoms with van der Waals surface area (Å²) in [5.74, 6) is -0.383. The predicted molar refractivity (Wildman–Crippen MR) is 99.2 cm³/mol. The molecule has 2 rings (SSSR count). The molecule has 150 valence electrons. The molecule has 0 bridgehead atoms. The van der Waals surface area contributed by atoms with Gasteiger partial charge in [0.05, 0.1) is 22.0 Å². The van der Waals surface area contributed by atoms with E-state index in [0.29, 0.717) is 31.8 Å². The fourth-order valence-corrected chi connectivity index (χ4v) is 4.74. The molecular weight excluding hydrogens is 374 g/mol. The molecular formula is C17H25N3O6S. The number of nitrogens with zero attached hydrogens (tertiary/aromatic N) is 2. The molecule has 1 heterocycles. The van der Waals surface area contributed by atoms with E-state index in [9.17, 15) is 23.3 Å². The number of hydrogen-bond donors (Lipinski definition) is 1. The molecule has 1 fully saturated rings. The smallest absolute Gasteiger partial charge is 0.338 e. The number of carbonyl (C=O) groups excluding carboxylic acids is 1. The second-order valence-electron chi connectivity index (χ2n) is 6.50. The first kappa shape index (κ1) is 21.3. The molecule has 0 aliphatic carbocycles. The molecule has 0 saturated carbocycles. The highest BCUT2D eigenvalue weighted by atomic mass is 32.2. The molecule has 0 spiro atoms. The van der Waals surface area contributed by atoms with Crippen LogP contribution in [0, 0.1) is 23.0 Å². The number of nitro benzene ring substituents is 1. The summed E-state index contributed by atoms with van der Waals surface area (Å²) >= 11 is 0. The van der Waals surface area contributed by atoms with E-state index in [1.807, 2.05) is 7.05 Å². The molecule has 0 radical (unpaired) electrons. The molecule has 1 aliphatic heterocycles. The summed E-state index contributed by atoms with van der Waals surface area (Å²) in [5.41, 5.74) is -0.427. The van der Waals surface area contributed by atoms with Crippen molar-refractivity contribution in [2.75, 3.05) is 33.3 Å². The van der Waals surface area contributed by atoms with E-state index in [0.717, 1.165) is 12.6 Å². The van der Waals surface area contributed by atoms with Gasteiger partial charge >= 0.3 is 5.97 Å². The first-order chi connectivity index (χ1) is 12.7. The summed E-state index contributed by atoms with van der Waals surface area (Å²) in [5, 5.41) is 14.4. The van der Waals surface area contributed by atoms with Crippen molar-refractivity contribution < 1.29 is 22.9 Å². The Kier molecular flexibility index (Phi) is 6.90. The van der Waals surface area contributed by atoms with Gasteiger partial charge in [-0.15, -0.1) is 0 Å². The lowest BCUT2D eigenvalue weighted by molar-refractivity contribution is -0.385. The topological polar surface area (TPSA) is 119 Å². The Morgan fingerprint density at radius 2 is 2.00 bits per heavy atom. The largest absolute Gasteiger partial charge is 0.462 e. The predicted octanol–water partition coefficient (Wildman–Crippen LogP) is 1.70. The van der Waals surface area contributed by atoms with Gasteiger partial charge in [-0.05, 0) is 52.3 Å². The highest BCUT2D eigenvalue weighted by Gasteiger charge is 2.32. The number of carbonyl (C=O) groups is 1. The highest BCUT2D eigenvalue weighted by Crippen LogP contribution is 2.30. The second-order valence-corrected chi connectivity index (χ2v) is 8.44. The number of nitrogens with one attached hydrogen (secondary N) is 1. The molecule has 9 nitrogen and oxygen atoms in total. The average Bonchev–Trinajstić information content (AvgIpc) is 2.62. The summed E-state index contributed by atoms with van der Waals surface area (Å²) in [6.07, 6.45) is 1.41.